The summed E-state index contributed by atoms with van der Waals surface area (Å²) in [6.07, 6.45) is -1.59. The van der Waals surface area contributed by atoms with Crippen LogP contribution in [0.2, 0.25) is 0 Å². The summed E-state index contributed by atoms with van der Waals surface area (Å²) in [5.41, 5.74) is 0. The fraction of sp³-hybridized carbons (Fsp3) is 0.875. The normalized spacial score (nSPS) is 41.8. The molecule has 0 spiro atoms. The van der Waals surface area contributed by atoms with Crippen LogP contribution in [0, 0.1) is 0 Å². The van der Waals surface area contributed by atoms with Gasteiger partial charge in [0.25, 0.3) is 0 Å². The lowest BCUT2D eigenvalue weighted by Crippen LogP contribution is -2.35. The quantitative estimate of drug-likeness (QED) is 0.627. The number of rotatable bonds is 1. The maximum atomic E-state index is 10.7. The number of ether oxygens (including phenoxy) is 3. The van der Waals surface area contributed by atoms with E-state index in [9.17, 15) is 4.79 Å². The third kappa shape index (κ3) is 1.43. The molecule has 0 aromatic rings. The van der Waals surface area contributed by atoms with E-state index in [0.29, 0.717) is 6.61 Å². The minimum absolute atomic E-state index is 0.240. The number of fused-ring (bicyclic) bond motifs is 1. The molecule has 13 heavy (non-hydrogen) atoms. The van der Waals surface area contributed by atoms with E-state index < -0.39 is 24.0 Å². The van der Waals surface area contributed by atoms with Crippen LogP contribution in [0.15, 0.2) is 0 Å². The van der Waals surface area contributed by atoms with Gasteiger partial charge in [0.2, 0.25) is 0 Å². The van der Waals surface area contributed by atoms with Crippen LogP contribution in [0.3, 0.4) is 0 Å². The van der Waals surface area contributed by atoms with E-state index in [4.69, 9.17) is 19.3 Å². The Morgan fingerprint density at radius 1 is 1.46 bits per heavy atom. The molecule has 3 atom stereocenters. The van der Waals surface area contributed by atoms with Crippen molar-refractivity contribution in [1.82, 2.24) is 0 Å². The third-order valence-electron chi connectivity index (χ3n) is 2.20. The predicted molar refractivity (Wildman–Crippen MR) is 41.2 cm³/mol. The van der Waals surface area contributed by atoms with Gasteiger partial charge in [0.15, 0.2) is 11.9 Å². The Labute approximate surface area is 75.6 Å². The first-order valence-electron chi connectivity index (χ1n) is 4.20. The first kappa shape index (κ1) is 8.93. The first-order chi connectivity index (χ1) is 5.99. The van der Waals surface area contributed by atoms with Crippen molar-refractivity contribution >= 4 is 5.97 Å². The summed E-state index contributed by atoms with van der Waals surface area (Å²) in [5, 5.41) is 8.77. The molecule has 2 heterocycles. The number of hydrogen-bond donors (Lipinski definition) is 1. The smallest absolute Gasteiger partial charge is 0.335 e. The van der Waals surface area contributed by atoms with Crippen molar-refractivity contribution in [1.29, 1.82) is 0 Å². The summed E-state index contributed by atoms with van der Waals surface area (Å²) < 4.78 is 15.9. The predicted octanol–water partition coefficient (Wildman–Crippen LogP) is -0.0101. The second kappa shape index (κ2) is 2.67. The average Bonchev–Trinajstić information content (AvgIpc) is 2.41. The van der Waals surface area contributed by atoms with Crippen LogP contribution >= 0.6 is 0 Å². The molecular weight excluding hydrogens is 176 g/mol. The number of carbonyl (C=O) groups is 1. The Bertz CT molecular complexity index is 237. The lowest BCUT2D eigenvalue weighted by molar-refractivity contribution is -0.183. The lowest BCUT2D eigenvalue weighted by Gasteiger charge is -2.19. The number of carboxylic acids is 1. The third-order valence-corrected chi connectivity index (χ3v) is 2.20. The van der Waals surface area contributed by atoms with Gasteiger partial charge in [0.05, 0.1) is 6.61 Å². The van der Waals surface area contributed by atoms with Crippen LogP contribution < -0.4 is 0 Å². The first-order valence-corrected chi connectivity index (χ1v) is 4.20. The molecule has 0 bridgehead atoms. The van der Waals surface area contributed by atoms with Gasteiger partial charge >= 0.3 is 5.97 Å². The van der Waals surface area contributed by atoms with E-state index >= 15 is 0 Å². The summed E-state index contributed by atoms with van der Waals surface area (Å²) >= 11 is 0. The second-order valence-electron chi connectivity index (χ2n) is 3.73. The van der Waals surface area contributed by atoms with Gasteiger partial charge in [-0.1, -0.05) is 0 Å². The van der Waals surface area contributed by atoms with Crippen LogP contribution in [0.4, 0.5) is 0 Å². The fourth-order valence-electron chi connectivity index (χ4n) is 1.75. The molecule has 5 nitrogen and oxygen atoms in total. The van der Waals surface area contributed by atoms with Gasteiger partial charge in [0, 0.05) is 0 Å². The zero-order valence-corrected chi connectivity index (χ0v) is 7.52. The topological polar surface area (TPSA) is 65.0 Å². The van der Waals surface area contributed by atoms with Crippen LogP contribution in [-0.4, -0.2) is 41.8 Å². The van der Waals surface area contributed by atoms with Crippen LogP contribution in [0.5, 0.6) is 0 Å². The average molecular weight is 188 g/mol. The van der Waals surface area contributed by atoms with Crippen molar-refractivity contribution in [2.75, 3.05) is 6.61 Å². The molecule has 0 aliphatic carbocycles. The molecule has 74 valence electrons. The maximum Gasteiger partial charge on any atom is 0.335 e. The summed E-state index contributed by atoms with van der Waals surface area (Å²) in [5.74, 6) is -1.68. The van der Waals surface area contributed by atoms with Crippen molar-refractivity contribution in [3.8, 4) is 0 Å². The SMILES string of the molecule is CC1(C)OC2COC(C(=O)O)C2O1. The van der Waals surface area contributed by atoms with Gasteiger partial charge in [0.1, 0.15) is 12.2 Å². The highest BCUT2D eigenvalue weighted by atomic mass is 16.8. The standard InChI is InChI=1S/C8H12O5/c1-8(2)12-4-3-11-6(7(9)10)5(4)13-8/h4-6H,3H2,1-2H3,(H,9,10). The molecular formula is C8H12O5. The highest BCUT2D eigenvalue weighted by Crippen LogP contribution is 2.35. The van der Waals surface area contributed by atoms with Crippen molar-refractivity contribution in [3.63, 3.8) is 0 Å². The van der Waals surface area contributed by atoms with E-state index in [-0.39, 0.29) is 6.10 Å². The molecule has 0 amide bonds. The number of carboxylic acid groups (broad SMARTS) is 1. The summed E-state index contributed by atoms with van der Waals surface area (Å²) in [7, 11) is 0. The van der Waals surface area contributed by atoms with Gasteiger partial charge in [-0.2, -0.15) is 0 Å². The molecule has 0 radical (unpaired) electrons. The number of aliphatic carboxylic acids is 1. The minimum Gasteiger partial charge on any atom is -0.479 e. The Hall–Kier alpha value is -0.650. The zero-order valence-electron chi connectivity index (χ0n) is 7.52. The molecule has 2 rings (SSSR count). The molecule has 0 aromatic carbocycles. The molecule has 2 saturated heterocycles. The maximum absolute atomic E-state index is 10.7. The lowest BCUT2D eigenvalue weighted by atomic mass is 10.1. The van der Waals surface area contributed by atoms with E-state index in [1.54, 1.807) is 13.8 Å². The van der Waals surface area contributed by atoms with E-state index in [0.717, 1.165) is 0 Å². The molecule has 0 saturated carbocycles. The zero-order chi connectivity index (χ0) is 9.64. The van der Waals surface area contributed by atoms with Crippen molar-refractivity contribution in [2.24, 2.45) is 0 Å². The Morgan fingerprint density at radius 2 is 2.15 bits per heavy atom. The van der Waals surface area contributed by atoms with E-state index in [1.165, 1.54) is 0 Å². The monoisotopic (exact) mass is 188 g/mol. The Balaban J connectivity index is 2.12. The molecule has 1 N–H and O–H groups in total. The van der Waals surface area contributed by atoms with Crippen LogP contribution in [0.1, 0.15) is 13.8 Å². The highest BCUT2D eigenvalue weighted by Gasteiger charge is 2.52. The van der Waals surface area contributed by atoms with Crippen LogP contribution in [-0.2, 0) is 19.0 Å². The van der Waals surface area contributed by atoms with E-state index in [2.05, 4.69) is 0 Å². The van der Waals surface area contributed by atoms with Crippen molar-refractivity contribution in [2.45, 2.75) is 37.9 Å². The molecule has 2 aliphatic heterocycles. The molecule has 5 heteroatoms. The summed E-state index contributed by atoms with van der Waals surface area (Å²) in [6, 6.07) is 0. The van der Waals surface area contributed by atoms with Crippen LogP contribution in [0.25, 0.3) is 0 Å². The van der Waals surface area contributed by atoms with Gasteiger partial charge in [-0.25, -0.2) is 4.79 Å². The molecule has 2 fully saturated rings. The Kier molecular flexibility index (Phi) is 1.83. The van der Waals surface area contributed by atoms with E-state index in [1.807, 2.05) is 0 Å². The number of hydrogen-bond acceptors (Lipinski definition) is 4. The van der Waals surface area contributed by atoms with Gasteiger partial charge in [-0.05, 0) is 13.8 Å². The Morgan fingerprint density at radius 3 is 2.77 bits per heavy atom. The highest BCUT2D eigenvalue weighted by molar-refractivity contribution is 5.73. The minimum atomic E-state index is -0.992. The largest absolute Gasteiger partial charge is 0.479 e. The molecule has 3 unspecified atom stereocenters. The van der Waals surface area contributed by atoms with Gasteiger partial charge < -0.3 is 19.3 Å². The molecule has 0 aromatic heterocycles. The van der Waals surface area contributed by atoms with Gasteiger partial charge in [-0.3, -0.25) is 0 Å². The summed E-state index contributed by atoms with van der Waals surface area (Å²) in [4.78, 5) is 10.7. The van der Waals surface area contributed by atoms with Crippen molar-refractivity contribution < 1.29 is 24.1 Å². The van der Waals surface area contributed by atoms with Gasteiger partial charge in [-0.15, -0.1) is 0 Å². The fourth-order valence-corrected chi connectivity index (χ4v) is 1.75. The van der Waals surface area contributed by atoms with Crippen molar-refractivity contribution in [3.05, 3.63) is 0 Å². The second-order valence-corrected chi connectivity index (χ2v) is 3.73. The molecule has 2 aliphatic rings. The summed E-state index contributed by atoms with van der Waals surface area (Å²) in [6.45, 7) is 3.83.